The van der Waals surface area contributed by atoms with E-state index in [4.69, 9.17) is 22.3 Å². The fourth-order valence-corrected chi connectivity index (χ4v) is 25.9. The second-order valence-corrected chi connectivity index (χ2v) is 47.4. The highest BCUT2D eigenvalue weighted by molar-refractivity contribution is 9.09. The van der Waals surface area contributed by atoms with Crippen molar-refractivity contribution in [3.63, 3.8) is 0 Å². The molecule has 4 bridgehead atoms. The number of fused-ring (bicyclic) bond motifs is 10. The van der Waals surface area contributed by atoms with Crippen LogP contribution in [0.15, 0.2) is 85.7 Å². The van der Waals surface area contributed by atoms with E-state index in [0.29, 0.717) is 72.0 Å². The number of benzene rings is 2. The normalized spacial score (nSPS) is 20.2. The maximum Gasteiger partial charge on any atom is 0.306 e. The number of primary amides is 1. The molecule has 10 aliphatic carbocycles. The maximum atomic E-state index is 14.6. The van der Waals surface area contributed by atoms with E-state index in [-0.39, 0.29) is 122 Å². The molecular formula is C89H115BrClF4N15O15S6. The van der Waals surface area contributed by atoms with Crippen LogP contribution in [0, 0.1) is 69.6 Å². The number of nitrogens with zero attached hydrogens (tertiary/aromatic N) is 13. The van der Waals surface area contributed by atoms with Gasteiger partial charge in [-0.1, -0.05) is 55.8 Å². The highest BCUT2D eigenvalue weighted by atomic mass is 79.9. The zero-order valence-electron chi connectivity index (χ0n) is 74.5. The van der Waals surface area contributed by atoms with Gasteiger partial charge in [-0.3, -0.25) is 24.3 Å². The molecule has 8 saturated carbocycles. The van der Waals surface area contributed by atoms with Crippen molar-refractivity contribution in [1.82, 2.24) is 70.3 Å². The third-order valence-electron chi connectivity index (χ3n) is 25.3. The SMILES string of the molecule is BrCC1CC1.CC1(C)[C@H]2CC[C@]1(c1ccnc(-n3cnc(CCS(=O)(=O)CC4CC4)n3)n1)c1nnc(-c3c(F)cccc3F)cc12.CC1(C)[C@H]2CC[C@]1(c1ccnc(Cl)n1)c1nnc(-c3c(F)cccc3F)cc12.COC(=O)CCS.COC(=O)CCS(=O)(=O)CC1CC1.COC(=O)CCSCC1CC1.NC(=O)CCS(=O)(=O)CC1CC1.O=S(=O)(CCc1ncn[nH]1)CC1CC1. The molecule has 0 spiro atoms. The lowest BCUT2D eigenvalue weighted by atomic mass is 9.66. The Morgan fingerprint density at radius 1 is 0.542 bits per heavy atom. The number of hydrogen-bond acceptors (Lipinski definition) is 29. The molecule has 30 nitrogen and oxygen atoms in total. The first-order valence-corrected chi connectivity index (χ1v) is 54.6. The lowest BCUT2D eigenvalue weighted by Crippen LogP contribution is -2.38. The smallest absolute Gasteiger partial charge is 0.306 e. The van der Waals surface area contributed by atoms with Gasteiger partial charge in [0.15, 0.2) is 45.2 Å². The van der Waals surface area contributed by atoms with Crippen molar-refractivity contribution in [1.29, 1.82) is 0 Å². The number of methoxy groups -OCH3 is 3. The Bertz CT molecular complexity index is 5740. The van der Waals surface area contributed by atoms with E-state index in [1.54, 1.807) is 24.5 Å². The minimum absolute atomic E-state index is 0.0152. The molecule has 0 unspecified atom stereocenters. The van der Waals surface area contributed by atoms with Crippen LogP contribution < -0.4 is 5.73 Å². The number of aromatic amines is 1. The Balaban J connectivity index is 0.000000159. The van der Waals surface area contributed by atoms with Gasteiger partial charge in [0.2, 0.25) is 11.2 Å². The predicted molar refractivity (Wildman–Crippen MR) is 495 cm³/mol. The molecule has 6 aromatic heterocycles. The van der Waals surface area contributed by atoms with E-state index in [2.05, 4.69) is 131 Å². The third-order valence-corrected chi connectivity index (χ3v) is 35.0. The second-order valence-electron chi connectivity index (χ2n) is 36.0. The van der Waals surface area contributed by atoms with E-state index in [9.17, 15) is 70.4 Å². The van der Waals surface area contributed by atoms with Gasteiger partial charge >= 0.3 is 17.9 Å². The molecule has 10 aliphatic rings. The topological polar surface area (TPSA) is 434 Å². The number of nitrogens with one attached hydrogen (secondary N) is 1. The van der Waals surface area contributed by atoms with E-state index in [1.165, 1.54) is 112 Å². The summed E-state index contributed by atoms with van der Waals surface area (Å²) in [6, 6.07) is 14.9. The Kier molecular flexibility index (Phi) is 35.9. The molecule has 8 fully saturated rings. The van der Waals surface area contributed by atoms with Crippen molar-refractivity contribution in [2.24, 2.45) is 52.1 Å². The van der Waals surface area contributed by atoms with Gasteiger partial charge in [-0.05, 0) is 238 Å². The van der Waals surface area contributed by atoms with Crippen LogP contribution in [0.1, 0.15) is 213 Å². The number of hydrogen-bond donors (Lipinski definition) is 3. The summed E-state index contributed by atoms with van der Waals surface area (Å²) in [7, 11) is -7.99. The first kappa shape index (κ1) is 103. The van der Waals surface area contributed by atoms with Crippen molar-refractivity contribution >= 4 is 115 Å². The quantitative estimate of drug-likeness (QED) is 0.00654. The van der Waals surface area contributed by atoms with Crippen molar-refractivity contribution in [3.8, 4) is 28.5 Å². The lowest BCUT2D eigenvalue weighted by Gasteiger charge is -2.37. The standard InChI is InChI=1S/C29H29F2N7O2S.C21H17ClF2N4.C8H13N3O2S.C8H14O4S.C8H14O2S.C7H13NO3S.C4H7Br.C4H8O2S/c1-28(2)19-8-11-29(28,26-18(19)14-22(35-36-26)25-20(30)4-3-5-21(25)31)23-9-12-32-27(34-23)38-16-33-24(37-38)10-13-41(39,40)15-17-6-7-17;1-20(2)12-6-8-21(20,16-7-9-25-19(22)26-16)18-11(12)10-15(27-28-18)17-13(23)4-3-5-14(17)24;12-14(13,5-7-1-2-7)4-3-8-9-6-10-11-8;1-12-8(9)4-5-13(10,11)6-7-2-3-7;1-10-8(9)4-5-11-6-7-2-3-7;8-7(9)3-4-12(10,11)5-6-1-2-6;5-3-4-1-2-4;1-6-4(5)2-3-7/h3-5,9,12,14,16-17,19H,6-8,10-11,13,15H2,1-2H3;3-5,7,9-10,12H,6,8H2,1-2H3;6-7H,1-5H2,(H,9,10,11);7H,2-6H2,1H3;7H,2-6H2,1H3;6H,1-5H2,(H2,8,9);4H,1-3H2;7H,2-3H2,1H3/t19-,29-;12-,21-;;;;;;/m00....../s1. The molecule has 42 heteroatoms. The molecular weight excluding hydrogens is 1900 g/mol. The largest absolute Gasteiger partial charge is 0.469 e. The number of ether oxygens (including phenoxy) is 3. The second kappa shape index (κ2) is 45.5. The van der Waals surface area contributed by atoms with E-state index in [1.807, 2.05) is 23.9 Å². The molecule has 0 saturated heterocycles. The van der Waals surface area contributed by atoms with E-state index in [0.717, 1.165) is 129 Å². The maximum absolute atomic E-state index is 14.6. The Hall–Kier alpha value is -8.09. The fourth-order valence-electron chi connectivity index (χ4n) is 16.9. The van der Waals surface area contributed by atoms with Gasteiger partial charge in [0.1, 0.15) is 41.7 Å². The highest BCUT2D eigenvalue weighted by Gasteiger charge is 2.66. The number of carbonyl (C=O) groups is 4. The monoisotopic (exact) mass is 2020 g/mol. The van der Waals surface area contributed by atoms with Gasteiger partial charge in [-0.15, -0.1) is 15.3 Å². The number of nitrogens with two attached hydrogens (primary N) is 1. The molecule has 1 amide bonds. The number of sulfone groups is 4. The lowest BCUT2D eigenvalue weighted by molar-refractivity contribution is -0.141. The minimum Gasteiger partial charge on any atom is -0.469 e. The third kappa shape index (κ3) is 28.5. The van der Waals surface area contributed by atoms with Crippen LogP contribution in [0.2, 0.25) is 5.28 Å². The summed E-state index contributed by atoms with van der Waals surface area (Å²) < 4.78 is 165. The van der Waals surface area contributed by atoms with Gasteiger partial charge in [0.25, 0.3) is 5.95 Å². The van der Waals surface area contributed by atoms with Crippen LogP contribution >= 0.6 is 51.9 Å². The molecule has 4 atom stereocenters. The van der Waals surface area contributed by atoms with E-state index >= 15 is 0 Å². The molecule has 8 aromatic rings. The number of H-pyrrole nitrogens is 1. The summed E-state index contributed by atoms with van der Waals surface area (Å²) in [4.78, 5) is 67.8. The van der Waals surface area contributed by atoms with Crippen LogP contribution in [-0.4, -0.2) is 218 Å². The number of aromatic nitrogens is 14. The zero-order valence-corrected chi connectivity index (χ0v) is 81.8. The van der Waals surface area contributed by atoms with Gasteiger partial charge in [-0.2, -0.15) is 44.4 Å². The van der Waals surface area contributed by atoms with Gasteiger partial charge in [0.05, 0.1) is 143 Å². The van der Waals surface area contributed by atoms with Crippen LogP contribution in [-0.2, 0) is 96.4 Å². The molecule has 131 heavy (non-hydrogen) atoms. The van der Waals surface area contributed by atoms with Gasteiger partial charge in [-0.25, -0.2) is 81.1 Å². The first-order valence-electron chi connectivity index (χ1n) is 44.0. The number of alkyl halides is 1. The number of carbonyl (C=O) groups excluding carboxylic acids is 4. The van der Waals surface area contributed by atoms with E-state index < -0.39 is 85.3 Å². The summed E-state index contributed by atoms with van der Waals surface area (Å²) >= 11 is 15.1. The number of amides is 1. The summed E-state index contributed by atoms with van der Waals surface area (Å²) in [6.45, 7) is 8.72. The molecule has 3 N–H and O–H groups in total. The fraction of sp³-hybridized carbons (Fsp3) is 0.596. The molecule has 2 aromatic carbocycles. The number of aryl methyl sites for hydroxylation is 2. The molecule has 18 rings (SSSR count). The van der Waals surface area contributed by atoms with Gasteiger partial charge in [0, 0.05) is 48.5 Å². The predicted octanol–water partition coefficient (Wildman–Crippen LogP) is 13.6. The molecule has 0 aliphatic heterocycles. The van der Waals surface area contributed by atoms with Crippen molar-refractivity contribution < 1.29 is 84.6 Å². The van der Waals surface area contributed by atoms with Crippen molar-refractivity contribution in [2.75, 3.05) is 89.9 Å². The summed E-state index contributed by atoms with van der Waals surface area (Å²) in [5.41, 5.74) is 8.50. The van der Waals surface area contributed by atoms with Gasteiger partial charge < -0.3 is 19.9 Å². The highest BCUT2D eigenvalue weighted by Crippen LogP contribution is 2.71. The Morgan fingerprint density at radius 2 is 0.969 bits per heavy atom. The Labute approximate surface area is 786 Å². The van der Waals surface area contributed by atoms with Crippen LogP contribution in [0.3, 0.4) is 0 Å². The van der Waals surface area contributed by atoms with Crippen LogP contribution in [0.5, 0.6) is 0 Å². The zero-order chi connectivity index (χ0) is 94.9. The first-order chi connectivity index (χ1) is 62.2. The number of rotatable bonds is 33. The average Bonchev–Trinajstić information content (AvgIpc) is 1.52. The minimum atomic E-state index is -3.14. The van der Waals surface area contributed by atoms with Crippen molar-refractivity contribution in [3.05, 3.63) is 160 Å². The number of thiol groups is 1. The molecule has 6 heterocycles. The summed E-state index contributed by atoms with van der Waals surface area (Å²) in [6.07, 6.45) is 25.1. The molecule has 0 radical (unpaired) electrons. The summed E-state index contributed by atoms with van der Waals surface area (Å²) in [5.74, 6) is 5.00. The number of halogens is 6. The Morgan fingerprint density at radius 3 is 1.37 bits per heavy atom. The van der Waals surface area contributed by atoms with Crippen molar-refractivity contribution in [2.45, 2.75) is 192 Å². The number of thioether (sulfide) groups is 1. The summed E-state index contributed by atoms with van der Waals surface area (Å²) in [5, 5.41) is 29.8. The van der Waals surface area contributed by atoms with Crippen LogP contribution in [0.25, 0.3) is 28.5 Å². The molecule has 714 valence electrons. The number of esters is 3. The van der Waals surface area contributed by atoms with Crippen LogP contribution in [0.4, 0.5) is 17.6 Å². The average molecular weight is 2020 g/mol.